The van der Waals surface area contributed by atoms with Gasteiger partial charge in [-0.05, 0) is 68.0 Å². The molecule has 1 aliphatic heterocycles. The SMILES string of the molecule is O=c1c(-c2ccccc2)c(SCCN2CCCC2)n(-c2ccccc2)c(=S)n1-c1ccccc1. The fraction of sp³-hybridized carbons (Fsp3) is 0.214. The van der Waals surface area contributed by atoms with E-state index in [2.05, 4.69) is 21.6 Å². The van der Waals surface area contributed by atoms with E-state index in [-0.39, 0.29) is 5.56 Å². The number of nitrogens with zero attached hydrogens (tertiary/aromatic N) is 3. The molecule has 5 rings (SSSR count). The Morgan fingerprint density at radius 2 is 1.26 bits per heavy atom. The van der Waals surface area contributed by atoms with Gasteiger partial charge in [0, 0.05) is 18.0 Å². The van der Waals surface area contributed by atoms with Crippen molar-refractivity contribution in [2.45, 2.75) is 17.9 Å². The summed E-state index contributed by atoms with van der Waals surface area (Å²) in [6.07, 6.45) is 2.54. The van der Waals surface area contributed by atoms with Gasteiger partial charge in [-0.25, -0.2) is 0 Å². The molecule has 3 aromatic carbocycles. The second-order valence-electron chi connectivity index (χ2n) is 8.37. The van der Waals surface area contributed by atoms with Gasteiger partial charge >= 0.3 is 0 Å². The third-order valence-corrected chi connectivity index (χ3v) is 7.56. The lowest BCUT2D eigenvalue weighted by Crippen LogP contribution is -2.27. The van der Waals surface area contributed by atoms with Crippen LogP contribution >= 0.6 is 24.0 Å². The average molecular weight is 486 g/mol. The largest absolute Gasteiger partial charge is 0.303 e. The number of aromatic nitrogens is 2. The van der Waals surface area contributed by atoms with Gasteiger partial charge in [-0.2, -0.15) is 0 Å². The lowest BCUT2D eigenvalue weighted by atomic mass is 10.1. The van der Waals surface area contributed by atoms with Gasteiger partial charge in [-0.15, -0.1) is 11.8 Å². The highest BCUT2D eigenvalue weighted by atomic mass is 32.2. The van der Waals surface area contributed by atoms with Crippen LogP contribution in [0.25, 0.3) is 22.5 Å². The third kappa shape index (κ3) is 4.67. The standard InChI is InChI=1S/C28H27N3OS2/c32-26-25(22-12-4-1-5-13-22)27(34-21-20-29-18-10-11-19-29)31(24-16-8-3-9-17-24)28(33)30(26)23-14-6-2-7-15-23/h1-9,12-17H,10-11,18-21H2. The second kappa shape index (κ2) is 10.6. The van der Waals surface area contributed by atoms with Crippen molar-refractivity contribution in [2.24, 2.45) is 0 Å². The molecule has 0 bridgehead atoms. The average Bonchev–Trinajstić information content (AvgIpc) is 3.40. The van der Waals surface area contributed by atoms with E-state index >= 15 is 0 Å². The van der Waals surface area contributed by atoms with Gasteiger partial charge in [0.2, 0.25) is 0 Å². The van der Waals surface area contributed by atoms with E-state index in [1.807, 2.05) is 78.9 Å². The first-order valence-electron chi connectivity index (χ1n) is 11.7. The number of hydrogen-bond donors (Lipinski definition) is 0. The van der Waals surface area contributed by atoms with Crippen molar-refractivity contribution in [3.8, 4) is 22.5 Å². The maximum atomic E-state index is 14.1. The third-order valence-electron chi connectivity index (χ3n) is 6.15. The smallest absolute Gasteiger partial charge is 0.267 e. The highest BCUT2D eigenvalue weighted by Crippen LogP contribution is 2.32. The van der Waals surface area contributed by atoms with E-state index in [1.165, 1.54) is 12.8 Å². The van der Waals surface area contributed by atoms with Crippen molar-refractivity contribution >= 4 is 24.0 Å². The van der Waals surface area contributed by atoms with E-state index in [0.29, 0.717) is 10.3 Å². The minimum atomic E-state index is -0.0850. The number of thioether (sulfide) groups is 1. The van der Waals surface area contributed by atoms with Crippen LogP contribution in [0.2, 0.25) is 0 Å². The molecular formula is C28H27N3OS2. The molecule has 0 unspecified atom stereocenters. The summed E-state index contributed by atoms with van der Waals surface area (Å²) in [6, 6.07) is 29.8. The van der Waals surface area contributed by atoms with E-state index in [9.17, 15) is 4.79 Å². The van der Waals surface area contributed by atoms with Crippen molar-refractivity contribution in [1.82, 2.24) is 14.0 Å². The first-order chi connectivity index (χ1) is 16.7. The second-order valence-corrected chi connectivity index (χ2v) is 9.82. The summed E-state index contributed by atoms with van der Waals surface area (Å²) in [6.45, 7) is 3.32. The van der Waals surface area contributed by atoms with E-state index < -0.39 is 0 Å². The number of likely N-dealkylation sites (tertiary alicyclic amines) is 1. The van der Waals surface area contributed by atoms with Crippen molar-refractivity contribution < 1.29 is 0 Å². The van der Waals surface area contributed by atoms with Gasteiger partial charge in [-0.3, -0.25) is 13.9 Å². The highest BCUT2D eigenvalue weighted by Gasteiger charge is 2.22. The Morgan fingerprint density at radius 1 is 0.735 bits per heavy atom. The molecule has 6 heteroatoms. The summed E-state index contributed by atoms with van der Waals surface area (Å²) in [7, 11) is 0. The summed E-state index contributed by atoms with van der Waals surface area (Å²) in [5.74, 6) is 0.899. The minimum absolute atomic E-state index is 0.0850. The molecule has 34 heavy (non-hydrogen) atoms. The van der Waals surface area contributed by atoms with Gasteiger partial charge in [0.05, 0.1) is 16.3 Å². The summed E-state index contributed by atoms with van der Waals surface area (Å²) in [4.78, 5) is 16.6. The van der Waals surface area contributed by atoms with Crippen LogP contribution < -0.4 is 5.56 Å². The summed E-state index contributed by atoms with van der Waals surface area (Å²) in [5, 5.41) is 0.902. The molecule has 4 nitrogen and oxygen atoms in total. The molecule has 172 valence electrons. The maximum Gasteiger partial charge on any atom is 0.267 e. The summed E-state index contributed by atoms with van der Waals surface area (Å²) in [5.41, 5.74) is 3.23. The number of benzene rings is 3. The maximum absolute atomic E-state index is 14.1. The first-order valence-corrected chi connectivity index (χ1v) is 13.1. The Kier molecular flexibility index (Phi) is 7.09. The fourth-order valence-corrected chi connectivity index (χ4v) is 6.12. The Morgan fingerprint density at radius 3 is 1.85 bits per heavy atom. The van der Waals surface area contributed by atoms with E-state index in [0.717, 1.165) is 47.4 Å². The van der Waals surface area contributed by atoms with Gasteiger partial charge in [0.15, 0.2) is 4.77 Å². The first kappa shape index (κ1) is 22.8. The van der Waals surface area contributed by atoms with Crippen LogP contribution in [-0.2, 0) is 0 Å². The highest BCUT2D eigenvalue weighted by molar-refractivity contribution is 7.99. The predicted molar refractivity (Wildman–Crippen MR) is 144 cm³/mol. The Bertz CT molecular complexity index is 1290. The topological polar surface area (TPSA) is 30.2 Å². The van der Waals surface area contributed by atoms with Crippen LogP contribution in [0.15, 0.2) is 101 Å². The molecule has 0 atom stereocenters. The van der Waals surface area contributed by atoms with Gasteiger partial charge < -0.3 is 4.90 Å². The Hall–Kier alpha value is -2.93. The molecular weight excluding hydrogens is 458 g/mol. The lowest BCUT2D eigenvalue weighted by Gasteiger charge is -2.22. The van der Waals surface area contributed by atoms with Crippen LogP contribution in [-0.4, -0.2) is 39.4 Å². The fourth-order valence-electron chi connectivity index (χ4n) is 4.46. The molecule has 0 N–H and O–H groups in total. The monoisotopic (exact) mass is 485 g/mol. The van der Waals surface area contributed by atoms with Crippen LogP contribution in [0.4, 0.5) is 0 Å². The lowest BCUT2D eigenvalue weighted by molar-refractivity contribution is 0.362. The van der Waals surface area contributed by atoms with Crippen molar-refractivity contribution in [1.29, 1.82) is 0 Å². The molecule has 1 saturated heterocycles. The zero-order valence-electron chi connectivity index (χ0n) is 19.0. The Balaban J connectivity index is 1.75. The van der Waals surface area contributed by atoms with Crippen LogP contribution in [0.1, 0.15) is 12.8 Å². The number of rotatable bonds is 7. The van der Waals surface area contributed by atoms with Gasteiger partial charge in [0.1, 0.15) is 0 Å². The molecule has 0 aliphatic carbocycles. The quantitative estimate of drug-likeness (QED) is 0.177. The van der Waals surface area contributed by atoms with Crippen molar-refractivity contribution in [3.05, 3.63) is 106 Å². The van der Waals surface area contributed by atoms with Crippen LogP contribution in [0.3, 0.4) is 0 Å². The zero-order valence-corrected chi connectivity index (χ0v) is 20.6. The molecule has 1 fully saturated rings. The molecule has 0 amide bonds. The van der Waals surface area contributed by atoms with Gasteiger partial charge in [-0.1, -0.05) is 66.7 Å². The van der Waals surface area contributed by atoms with Crippen molar-refractivity contribution in [3.63, 3.8) is 0 Å². The molecule has 0 radical (unpaired) electrons. The molecule has 1 aliphatic rings. The number of para-hydroxylation sites is 2. The number of hydrogen-bond acceptors (Lipinski definition) is 4. The Labute approximate surface area is 209 Å². The summed E-state index contributed by atoms with van der Waals surface area (Å²) < 4.78 is 4.21. The predicted octanol–water partition coefficient (Wildman–Crippen LogP) is 6.21. The molecule has 4 aromatic rings. The van der Waals surface area contributed by atoms with E-state index in [4.69, 9.17) is 12.2 Å². The molecule has 0 spiro atoms. The normalized spacial score (nSPS) is 13.9. The summed E-state index contributed by atoms with van der Waals surface area (Å²) >= 11 is 7.72. The van der Waals surface area contributed by atoms with Crippen LogP contribution in [0.5, 0.6) is 0 Å². The minimum Gasteiger partial charge on any atom is -0.303 e. The zero-order chi connectivity index (χ0) is 23.3. The molecule has 1 aromatic heterocycles. The van der Waals surface area contributed by atoms with E-state index in [1.54, 1.807) is 16.3 Å². The molecule has 2 heterocycles. The molecule has 0 saturated carbocycles. The van der Waals surface area contributed by atoms with Crippen LogP contribution in [0, 0.1) is 4.77 Å². The van der Waals surface area contributed by atoms with Gasteiger partial charge in [0.25, 0.3) is 5.56 Å². The van der Waals surface area contributed by atoms with Crippen molar-refractivity contribution in [2.75, 3.05) is 25.4 Å².